The molecule has 8 heteroatoms. The number of β-amino-alcohol motifs (C(OH)–C–C–N with tert-alkyl or cyclic N) is 1. The average Bonchev–Trinajstić information content (AvgIpc) is 2.87. The Bertz CT molecular complexity index is 1250. The van der Waals surface area contributed by atoms with E-state index in [1.54, 1.807) is 37.3 Å². The molecule has 3 rings (SSSR count). The van der Waals surface area contributed by atoms with Crippen LogP contribution < -0.4 is 10.6 Å². The highest BCUT2D eigenvalue weighted by Crippen LogP contribution is 2.24. The standard InChI is InChI=1S/C29H34ClFN2O4/c1-18-7-9-24(30)23(27(18)31)11-12-32-28(37)21-6-4-5-19(13-21)15-29(2,3)33-16-26(36)20-8-10-25(35)22(14-20)17-34/h4-10,13-14,26,33-36H,11-12,15-17H2,1-3H3,(H,32,37)/t26-/m0/s1. The maximum atomic E-state index is 14.3. The van der Waals surface area contributed by atoms with E-state index in [4.69, 9.17) is 11.6 Å². The number of aromatic hydroxyl groups is 1. The molecule has 0 saturated carbocycles. The van der Waals surface area contributed by atoms with Gasteiger partial charge in [-0.3, -0.25) is 4.79 Å². The molecule has 0 aromatic heterocycles. The average molecular weight is 529 g/mol. The molecule has 6 nitrogen and oxygen atoms in total. The van der Waals surface area contributed by atoms with Gasteiger partial charge in [-0.1, -0.05) is 35.9 Å². The molecule has 0 radical (unpaired) electrons. The van der Waals surface area contributed by atoms with Crippen molar-refractivity contribution in [2.75, 3.05) is 13.1 Å². The lowest BCUT2D eigenvalue weighted by atomic mass is 9.93. The van der Waals surface area contributed by atoms with Gasteiger partial charge in [-0.2, -0.15) is 0 Å². The molecule has 5 N–H and O–H groups in total. The van der Waals surface area contributed by atoms with E-state index in [1.807, 2.05) is 32.0 Å². The molecule has 3 aromatic carbocycles. The van der Waals surface area contributed by atoms with Crippen molar-refractivity contribution >= 4 is 17.5 Å². The molecule has 0 aliphatic rings. The first kappa shape index (κ1) is 28.6. The summed E-state index contributed by atoms with van der Waals surface area (Å²) in [6, 6.07) is 15.3. The lowest BCUT2D eigenvalue weighted by molar-refractivity contribution is 0.0954. The van der Waals surface area contributed by atoms with Crippen LogP contribution in [0.3, 0.4) is 0 Å². The summed E-state index contributed by atoms with van der Waals surface area (Å²) in [4.78, 5) is 12.7. The van der Waals surface area contributed by atoms with Gasteiger partial charge in [-0.25, -0.2) is 4.39 Å². The number of amides is 1. The van der Waals surface area contributed by atoms with Crippen LogP contribution in [0.5, 0.6) is 5.75 Å². The van der Waals surface area contributed by atoms with Crippen molar-refractivity contribution in [2.45, 2.75) is 51.9 Å². The van der Waals surface area contributed by atoms with Gasteiger partial charge < -0.3 is 26.0 Å². The van der Waals surface area contributed by atoms with E-state index in [1.165, 1.54) is 6.07 Å². The number of carbonyl (C=O) groups excluding carboxylic acids is 1. The summed E-state index contributed by atoms with van der Waals surface area (Å²) in [5.41, 5.74) is 2.91. The second-order valence-corrected chi connectivity index (χ2v) is 10.3. The van der Waals surface area contributed by atoms with Gasteiger partial charge in [0.05, 0.1) is 12.7 Å². The molecule has 0 saturated heterocycles. The third kappa shape index (κ3) is 7.76. The van der Waals surface area contributed by atoms with E-state index >= 15 is 0 Å². The summed E-state index contributed by atoms with van der Waals surface area (Å²) >= 11 is 6.12. The molecule has 0 aliphatic carbocycles. The first-order valence-corrected chi connectivity index (χ1v) is 12.5. The van der Waals surface area contributed by atoms with Crippen LogP contribution >= 0.6 is 11.6 Å². The van der Waals surface area contributed by atoms with E-state index in [0.717, 1.165) is 5.56 Å². The van der Waals surface area contributed by atoms with Crippen LogP contribution in [0.15, 0.2) is 54.6 Å². The number of phenols is 1. The number of benzene rings is 3. The molecule has 3 aromatic rings. The Hall–Kier alpha value is -2.97. The lowest BCUT2D eigenvalue weighted by Gasteiger charge is -2.28. The highest BCUT2D eigenvalue weighted by Gasteiger charge is 2.21. The maximum absolute atomic E-state index is 14.3. The highest BCUT2D eigenvalue weighted by atomic mass is 35.5. The summed E-state index contributed by atoms with van der Waals surface area (Å²) in [5.74, 6) is -0.608. The third-order valence-corrected chi connectivity index (χ3v) is 6.66. The van der Waals surface area contributed by atoms with Crippen LogP contribution in [0.1, 0.15) is 58.1 Å². The second kappa shape index (κ2) is 12.5. The molecule has 0 spiro atoms. The zero-order chi connectivity index (χ0) is 27.2. The number of carbonyl (C=O) groups is 1. The third-order valence-electron chi connectivity index (χ3n) is 6.31. The minimum atomic E-state index is -0.825. The maximum Gasteiger partial charge on any atom is 0.251 e. The predicted molar refractivity (Wildman–Crippen MR) is 143 cm³/mol. The molecule has 1 amide bonds. The largest absolute Gasteiger partial charge is 0.508 e. The monoisotopic (exact) mass is 528 g/mol. The zero-order valence-electron chi connectivity index (χ0n) is 21.3. The smallest absolute Gasteiger partial charge is 0.251 e. The van der Waals surface area contributed by atoms with Gasteiger partial charge >= 0.3 is 0 Å². The fourth-order valence-corrected chi connectivity index (χ4v) is 4.41. The minimum Gasteiger partial charge on any atom is -0.508 e. The zero-order valence-corrected chi connectivity index (χ0v) is 22.1. The number of aryl methyl sites for hydroxylation is 1. The van der Waals surface area contributed by atoms with Gasteiger partial charge in [0.1, 0.15) is 11.6 Å². The normalized spacial score (nSPS) is 12.4. The number of hydrogen-bond donors (Lipinski definition) is 5. The topological polar surface area (TPSA) is 102 Å². The van der Waals surface area contributed by atoms with Gasteiger partial charge in [0.15, 0.2) is 0 Å². The molecule has 37 heavy (non-hydrogen) atoms. The fraction of sp³-hybridized carbons (Fsp3) is 0.345. The van der Waals surface area contributed by atoms with Crippen LogP contribution in [0.2, 0.25) is 5.02 Å². The van der Waals surface area contributed by atoms with Crippen LogP contribution in [-0.2, 0) is 19.4 Å². The molecule has 0 fully saturated rings. The van der Waals surface area contributed by atoms with Gasteiger partial charge in [0.25, 0.3) is 5.91 Å². The van der Waals surface area contributed by atoms with Crippen molar-refractivity contribution in [3.05, 3.63) is 98.8 Å². The van der Waals surface area contributed by atoms with Crippen molar-refractivity contribution in [1.82, 2.24) is 10.6 Å². The van der Waals surface area contributed by atoms with E-state index in [0.29, 0.717) is 39.3 Å². The van der Waals surface area contributed by atoms with E-state index < -0.39 is 11.6 Å². The fourth-order valence-electron chi connectivity index (χ4n) is 4.17. The van der Waals surface area contributed by atoms with E-state index in [9.17, 15) is 24.5 Å². The molecule has 0 aliphatic heterocycles. The quantitative estimate of drug-likeness (QED) is 0.250. The summed E-state index contributed by atoms with van der Waals surface area (Å²) in [6.07, 6.45) is 0.0642. The Balaban J connectivity index is 1.56. The number of rotatable bonds is 11. The first-order chi connectivity index (χ1) is 17.5. The van der Waals surface area contributed by atoms with Gasteiger partial charge in [-0.05, 0) is 80.6 Å². The molecule has 198 valence electrons. The Labute approximate surface area is 222 Å². The van der Waals surface area contributed by atoms with Crippen molar-refractivity contribution in [3.8, 4) is 5.75 Å². The Morgan fingerprint density at radius 1 is 1.14 bits per heavy atom. The molecule has 1 atom stereocenters. The van der Waals surface area contributed by atoms with Crippen LogP contribution in [0, 0.1) is 12.7 Å². The lowest BCUT2D eigenvalue weighted by Crippen LogP contribution is -2.43. The Morgan fingerprint density at radius 3 is 2.62 bits per heavy atom. The number of hydrogen-bond acceptors (Lipinski definition) is 5. The summed E-state index contributed by atoms with van der Waals surface area (Å²) in [6.45, 7) is 5.89. The van der Waals surface area contributed by atoms with E-state index in [2.05, 4.69) is 10.6 Å². The molecule has 0 bridgehead atoms. The number of aliphatic hydroxyl groups is 2. The summed E-state index contributed by atoms with van der Waals surface area (Å²) < 4.78 is 14.3. The highest BCUT2D eigenvalue weighted by molar-refractivity contribution is 6.31. The SMILES string of the molecule is Cc1ccc(Cl)c(CCNC(=O)c2cccc(CC(C)(C)NC[C@H](O)c3ccc(O)c(CO)c3)c2)c1F. The minimum absolute atomic E-state index is 0.0122. The second-order valence-electron chi connectivity index (χ2n) is 9.87. The Morgan fingerprint density at radius 2 is 1.89 bits per heavy atom. The van der Waals surface area contributed by atoms with Crippen molar-refractivity contribution in [3.63, 3.8) is 0 Å². The number of aliphatic hydroxyl groups excluding tert-OH is 2. The summed E-state index contributed by atoms with van der Waals surface area (Å²) in [7, 11) is 0. The van der Waals surface area contributed by atoms with Crippen LogP contribution in [0.25, 0.3) is 0 Å². The van der Waals surface area contributed by atoms with Crippen LogP contribution in [0.4, 0.5) is 4.39 Å². The molecular weight excluding hydrogens is 495 g/mol. The molecule has 0 unspecified atom stereocenters. The predicted octanol–water partition coefficient (Wildman–Crippen LogP) is 4.60. The van der Waals surface area contributed by atoms with Gasteiger partial charge in [-0.15, -0.1) is 0 Å². The summed E-state index contributed by atoms with van der Waals surface area (Å²) in [5, 5.41) is 36.2. The number of nitrogens with one attached hydrogen (secondary N) is 2. The van der Waals surface area contributed by atoms with Crippen molar-refractivity contribution in [2.24, 2.45) is 0 Å². The first-order valence-electron chi connectivity index (χ1n) is 12.2. The van der Waals surface area contributed by atoms with Gasteiger partial charge in [0, 0.05) is 40.3 Å². The number of halogens is 2. The van der Waals surface area contributed by atoms with Gasteiger partial charge in [0.2, 0.25) is 0 Å². The van der Waals surface area contributed by atoms with Crippen molar-refractivity contribution < 1.29 is 24.5 Å². The van der Waals surface area contributed by atoms with E-state index in [-0.39, 0.29) is 43.6 Å². The molecule has 0 heterocycles. The van der Waals surface area contributed by atoms with Crippen LogP contribution in [-0.4, -0.2) is 39.9 Å². The Kier molecular flexibility index (Phi) is 9.68. The molecular formula is C29H34ClFN2O4. The van der Waals surface area contributed by atoms with Crippen molar-refractivity contribution in [1.29, 1.82) is 0 Å².